The van der Waals surface area contributed by atoms with Gasteiger partial charge in [-0.05, 0) is 29.8 Å². The number of nitrogens with zero attached hydrogens (tertiary/aromatic N) is 1. The molecule has 1 heterocycles. The molecule has 2 aromatic rings. The minimum atomic E-state index is -0.793. The Bertz CT molecular complexity index is 700. The fraction of sp³-hybridized carbons (Fsp3) is 0.176. The Morgan fingerprint density at radius 1 is 1.09 bits per heavy atom. The maximum atomic E-state index is 12.4. The van der Waals surface area contributed by atoms with Crippen LogP contribution in [0.4, 0.5) is 5.69 Å². The summed E-state index contributed by atoms with van der Waals surface area (Å²) >= 11 is 5.91. The molecule has 0 unspecified atom stereocenters. The molecule has 0 aliphatic carbocycles. The highest BCUT2D eigenvalue weighted by molar-refractivity contribution is 6.30. The topological polar surface area (TPSA) is 46.6 Å². The number of para-hydroxylation sites is 1. The Hall–Kier alpha value is -2.33. The van der Waals surface area contributed by atoms with E-state index >= 15 is 0 Å². The number of esters is 1. The van der Waals surface area contributed by atoms with Crippen LogP contribution in [0.5, 0.6) is 0 Å². The van der Waals surface area contributed by atoms with Crippen molar-refractivity contribution in [2.45, 2.75) is 19.1 Å². The molecule has 4 nitrogen and oxygen atoms in total. The van der Waals surface area contributed by atoms with Gasteiger partial charge in [0.05, 0.1) is 0 Å². The Morgan fingerprint density at radius 3 is 2.32 bits per heavy atom. The first-order valence-electron chi connectivity index (χ1n) is 6.89. The van der Waals surface area contributed by atoms with E-state index in [9.17, 15) is 9.59 Å². The van der Waals surface area contributed by atoms with Crippen LogP contribution in [0.1, 0.15) is 18.5 Å². The summed E-state index contributed by atoms with van der Waals surface area (Å²) in [7, 11) is 0. The predicted octanol–water partition coefficient (Wildman–Crippen LogP) is 3.36. The van der Waals surface area contributed by atoms with Crippen molar-refractivity contribution in [3.05, 3.63) is 65.2 Å². The second-order valence-corrected chi connectivity index (χ2v) is 5.51. The molecule has 0 spiro atoms. The van der Waals surface area contributed by atoms with E-state index in [2.05, 4.69) is 0 Å². The Balaban J connectivity index is 1.97. The third-order valence-electron chi connectivity index (χ3n) is 3.58. The largest absolute Gasteiger partial charge is 0.450 e. The van der Waals surface area contributed by atoms with Crippen LogP contribution in [-0.4, -0.2) is 18.0 Å². The van der Waals surface area contributed by atoms with Crippen molar-refractivity contribution < 1.29 is 14.3 Å². The summed E-state index contributed by atoms with van der Waals surface area (Å²) in [5.41, 5.74) is 1.65. The van der Waals surface area contributed by atoms with Crippen molar-refractivity contribution in [2.24, 2.45) is 0 Å². The first-order valence-corrected chi connectivity index (χ1v) is 7.26. The predicted molar refractivity (Wildman–Crippen MR) is 83.7 cm³/mol. The van der Waals surface area contributed by atoms with Gasteiger partial charge >= 0.3 is 5.97 Å². The molecule has 0 N–H and O–H groups in total. The highest BCUT2D eigenvalue weighted by Crippen LogP contribution is 2.41. The molecule has 1 amide bonds. The van der Waals surface area contributed by atoms with E-state index in [-0.39, 0.29) is 11.9 Å². The molecule has 22 heavy (non-hydrogen) atoms. The maximum Gasteiger partial charge on any atom is 0.303 e. The van der Waals surface area contributed by atoms with Crippen molar-refractivity contribution in [3.8, 4) is 0 Å². The van der Waals surface area contributed by atoms with Crippen molar-refractivity contribution in [1.29, 1.82) is 0 Å². The third-order valence-corrected chi connectivity index (χ3v) is 3.84. The molecular weight excluding hydrogens is 302 g/mol. The summed E-state index contributed by atoms with van der Waals surface area (Å²) in [6.45, 7) is 1.30. The van der Waals surface area contributed by atoms with Gasteiger partial charge in [0.15, 0.2) is 0 Å². The first-order chi connectivity index (χ1) is 10.6. The van der Waals surface area contributed by atoms with E-state index in [4.69, 9.17) is 16.3 Å². The second-order valence-electron chi connectivity index (χ2n) is 5.07. The van der Waals surface area contributed by atoms with E-state index in [1.54, 1.807) is 17.0 Å². The molecule has 1 aliphatic heterocycles. The number of carbonyl (C=O) groups excluding carboxylic acids is 2. The number of rotatable bonds is 3. The molecule has 112 valence electrons. The molecule has 0 radical (unpaired) electrons. The van der Waals surface area contributed by atoms with E-state index in [1.807, 2.05) is 42.5 Å². The Kier molecular flexibility index (Phi) is 3.86. The molecule has 2 aromatic carbocycles. The summed E-state index contributed by atoms with van der Waals surface area (Å²) < 4.78 is 5.18. The van der Waals surface area contributed by atoms with Crippen LogP contribution in [0.15, 0.2) is 54.6 Å². The lowest BCUT2D eigenvalue weighted by molar-refractivity contribution is -0.160. The minimum absolute atomic E-state index is 0.221. The van der Waals surface area contributed by atoms with E-state index in [0.717, 1.165) is 11.3 Å². The van der Waals surface area contributed by atoms with E-state index in [1.165, 1.54) is 6.92 Å². The molecule has 0 saturated carbocycles. The summed E-state index contributed by atoms with van der Waals surface area (Å²) in [5, 5.41) is 0.615. The fourth-order valence-corrected chi connectivity index (χ4v) is 2.74. The molecule has 2 atom stereocenters. The van der Waals surface area contributed by atoms with Gasteiger partial charge < -0.3 is 4.74 Å². The number of hydrogen-bond donors (Lipinski definition) is 0. The van der Waals surface area contributed by atoms with Crippen LogP contribution in [0.3, 0.4) is 0 Å². The molecule has 3 rings (SSSR count). The molecule has 0 bridgehead atoms. The molecule has 1 fully saturated rings. The number of carbonyl (C=O) groups is 2. The number of hydrogen-bond acceptors (Lipinski definition) is 3. The highest BCUT2D eigenvalue weighted by atomic mass is 35.5. The van der Waals surface area contributed by atoms with Crippen LogP contribution in [0, 0.1) is 0 Å². The number of ether oxygens (including phenoxy) is 1. The zero-order chi connectivity index (χ0) is 15.7. The fourth-order valence-electron chi connectivity index (χ4n) is 2.62. The first kappa shape index (κ1) is 14.6. The van der Waals surface area contributed by atoms with Crippen LogP contribution < -0.4 is 4.90 Å². The average Bonchev–Trinajstić information content (AvgIpc) is 2.52. The lowest BCUT2D eigenvalue weighted by Crippen LogP contribution is -2.60. The standard InChI is InChI=1S/C17H14ClNO3/c1-11(20)22-16-15(12-7-9-13(18)10-8-12)19(17(16)21)14-5-3-2-4-6-14/h2-10,15-16H,1H3/t15-,16-/m0/s1. The van der Waals surface area contributed by atoms with Crippen LogP contribution in [0.25, 0.3) is 0 Å². The average molecular weight is 316 g/mol. The van der Waals surface area contributed by atoms with Crippen molar-refractivity contribution in [3.63, 3.8) is 0 Å². The van der Waals surface area contributed by atoms with Gasteiger partial charge in [-0.1, -0.05) is 41.9 Å². The van der Waals surface area contributed by atoms with Crippen molar-refractivity contribution in [1.82, 2.24) is 0 Å². The zero-order valence-electron chi connectivity index (χ0n) is 11.9. The van der Waals surface area contributed by atoms with Crippen molar-refractivity contribution in [2.75, 3.05) is 4.90 Å². The van der Waals surface area contributed by atoms with Gasteiger partial charge in [0.25, 0.3) is 5.91 Å². The lowest BCUT2D eigenvalue weighted by atomic mass is 9.89. The SMILES string of the molecule is CC(=O)O[C@@H]1C(=O)N(c2ccccc2)[C@H]1c1ccc(Cl)cc1. The van der Waals surface area contributed by atoms with Gasteiger partial charge in [-0.3, -0.25) is 14.5 Å². The number of β-lactam (4-membered cyclic amide) rings is 1. The van der Waals surface area contributed by atoms with Crippen LogP contribution in [-0.2, 0) is 14.3 Å². The van der Waals surface area contributed by atoms with Gasteiger partial charge in [0.2, 0.25) is 6.10 Å². The van der Waals surface area contributed by atoms with E-state index in [0.29, 0.717) is 5.02 Å². The Morgan fingerprint density at radius 2 is 1.73 bits per heavy atom. The van der Waals surface area contributed by atoms with Gasteiger partial charge in [-0.15, -0.1) is 0 Å². The summed E-state index contributed by atoms with van der Waals surface area (Å²) in [4.78, 5) is 25.3. The molecule has 0 aromatic heterocycles. The molecular formula is C17H14ClNO3. The van der Waals surface area contributed by atoms with Crippen LogP contribution >= 0.6 is 11.6 Å². The number of anilines is 1. The van der Waals surface area contributed by atoms with E-state index < -0.39 is 12.1 Å². The number of benzene rings is 2. The minimum Gasteiger partial charge on any atom is -0.450 e. The maximum absolute atomic E-state index is 12.4. The summed E-state index contributed by atoms with van der Waals surface area (Å²) in [6, 6.07) is 16.2. The van der Waals surface area contributed by atoms with Gasteiger partial charge in [-0.25, -0.2) is 0 Å². The highest BCUT2D eigenvalue weighted by Gasteiger charge is 2.51. The van der Waals surface area contributed by atoms with Crippen LogP contribution in [0.2, 0.25) is 5.02 Å². The number of amides is 1. The third kappa shape index (κ3) is 2.57. The smallest absolute Gasteiger partial charge is 0.303 e. The Labute approximate surface area is 133 Å². The normalized spacial score (nSPS) is 20.5. The lowest BCUT2D eigenvalue weighted by Gasteiger charge is -2.46. The van der Waals surface area contributed by atoms with Crippen molar-refractivity contribution >= 4 is 29.2 Å². The quantitative estimate of drug-likeness (QED) is 0.644. The molecule has 5 heteroatoms. The summed E-state index contributed by atoms with van der Waals surface area (Å²) in [6.07, 6.45) is -0.793. The molecule has 1 aliphatic rings. The molecule has 1 saturated heterocycles. The summed E-state index contributed by atoms with van der Waals surface area (Å²) in [5.74, 6) is -0.689. The van der Waals surface area contributed by atoms with Gasteiger partial charge in [-0.2, -0.15) is 0 Å². The van der Waals surface area contributed by atoms with Gasteiger partial charge in [0, 0.05) is 17.6 Å². The monoisotopic (exact) mass is 315 g/mol. The van der Waals surface area contributed by atoms with Gasteiger partial charge in [0.1, 0.15) is 6.04 Å². The zero-order valence-corrected chi connectivity index (χ0v) is 12.7. The second kappa shape index (κ2) is 5.81. The number of halogens is 1.